The molecule has 162 valence electrons. The van der Waals surface area contributed by atoms with Crippen molar-refractivity contribution < 1.29 is 18.0 Å². The Balaban J connectivity index is 2.53. The van der Waals surface area contributed by atoms with Crippen LogP contribution in [0.25, 0.3) is 0 Å². The van der Waals surface area contributed by atoms with Gasteiger partial charge in [0.25, 0.3) is 15.6 Å². The van der Waals surface area contributed by atoms with Gasteiger partial charge in [0.1, 0.15) is 10.6 Å². The molecule has 1 heterocycles. The molecule has 0 saturated carbocycles. The number of rotatable bonds is 8. The number of amides is 1. The molecule has 0 saturated heterocycles. The van der Waals surface area contributed by atoms with E-state index >= 15 is 0 Å². The number of pyridine rings is 1. The third kappa shape index (κ3) is 5.02. The summed E-state index contributed by atoms with van der Waals surface area (Å²) in [6.07, 6.45) is -1.04. The predicted molar refractivity (Wildman–Crippen MR) is 112 cm³/mol. The summed E-state index contributed by atoms with van der Waals surface area (Å²) in [5, 5.41) is 3.35. The van der Waals surface area contributed by atoms with Crippen LogP contribution in [0.15, 0.2) is 51.2 Å². The van der Waals surface area contributed by atoms with Gasteiger partial charge in [-0.25, -0.2) is 8.42 Å². The molecule has 0 aliphatic rings. The van der Waals surface area contributed by atoms with Crippen molar-refractivity contribution >= 4 is 39.2 Å². The molecule has 1 aromatic heterocycles. The summed E-state index contributed by atoms with van der Waals surface area (Å²) in [5.41, 5.74) is 15.1. The average molecular weight is 457 g/mol. The molecule has 0 fully saturated rings. The third-order valence-electron chi connectivity index (χ3n) is 4.03. The number of aromatic nitrogens is 1. The van der Waals surface area contributed by atoms with Crippen LogP contribution in [0.3, 0.4) is 0 Å². The smallest absolute Gasteiger partial charge is 0.275 e. The van der Waals surface area contributed by atoms with Crippen LogP contribution in [0.2, 0.25) is 5.02 Å². The molecule has 2 rings (SSSR count). The number of primary amides is 1. The van der Waals surface area contributed by atoms with Gasteiger partial charge in [0.05, 0.1) is 5.02 Å². The summed E-state index contributed by atoms with van der Waals surface area (Å²) in [6, 6.07) is 7.11. The van der Waals surface area contributed by atoms with Crippen LogP contribution in [0.4, 0.5) is 5.69 Å². The Morgan fingerprint density at radius 1 is 1.20 bits per heavy atom. The predicted octanol–water partition coefficient (Wildman–Crippen LogP) is 0.231. The summed E-state index contributed by atoms with van der Waals surface area (Å²) < 4.78 is 28.5. The van der Waals surface area contributed by atoms with E-state index in [0.717, 1.165) is 4.57 Å². The molecule has 11 nitrogen and oxygen atoms in total. The van der Waals surface area contributed by atoms with Gasteiger partial charge in [-0.05, 0) is 43.3 Å². The molecule has 30 heavy (non-hydrogen) atoms. The molecule has 0 aliphatic carbocycles. The van der Waals surface area contributed by atoms with Crippen LogP contribution in [0, 0.1) is 6.92 Å². The Bertz CT molecular complexity index is 1140. The lowest BCUT2D eigenvalue weighted by molar-refractivity contribution is -0.125. The Kier molecular flexibility index (Phi) is 6.95. The fourth-order valence-corrected chi connectivity index (χ4v) is 4.28. The number of oxime groups is 1. The Morgan fingerprint density at radius 3 is 2.40 bits per heavy atom. The Labute approximate surface area is 177 Å². The van der Waals surface area contributed by atoms with Gasteiger partial charge in [0, 0.05) is 5.69 Å². The van der Waals surface area contributed by atoms with E-state index in [9.17, 15) is 18.0 Å². The number of carbonyl (C=O) groups is 1. The van der Waals surface area contributed by atoms with E-state index < -0.39 is 39.6 Å². The summed E-state index contributed by atoms with van der Waals surface area (Å²) >= 11 is 5.95. The summed E-state index contributed by atoms with van der Waals surface area (Å²) in [5.74, 6) is -1.31. The number of aryl methyl sites for hydroxylation is 1. The van der Waals surface area contributed by atoms with E-state index in [0.29, 0.717) is 5.69 Å². The van der Waals surface area contributed by atoms with Crippen LogP contribution in [0.5, 0.6) is 0 Å². The minimum absolute atomic E-state index is 0.0216. The number of anilines is 1. The van der Waals surface area contributed by atoms with Crippen molar-refractivity contribution in [2.75, 3.05) is 4.72 Å². The maximum Gasteiger partial charge on any atom is 0.275 e. The lowest BCUT2D eigenvalue weighted by atomic mass is 10.1. The first-order chi connectivity index (χ1) is 14.0. The van der Waals surface area contributed by atoms with Crippen molar-refractivity contribution in [3.8, 4) is 0 Å². The van der Waals surface area contributed by atoms with E-state index in [2.05, 4.69) is 9.88 Å². The molecule has 0 aliphatic heterocycles. The zero-order valence-electron chi connectivity index (χ0n) is 16.1. The molecule has 2 aromatic rings. The number of hydrogen-bond donors (Lipinski definition) is 4. The first kappa shape index (κ1) is 23.0. The summed E-state index contributed by atoms with van der Waals surface area (Å²) in [6.45, 7) is 2.96. The first-order valence-electron chi connectivity index (χ1n) is 8.49. The molecule has 2 unspecified atom stereocenters. The quantitative estimate of drug-likeness (QED) is 0.248. The van der Waals surface area contributed by atoms with Crippen LogP contribution < -0.4 is 27.5 Å². The highest BCUT2D eigenvalue weighted by atomic mass is 35.5. The van der Waals surface area contributed by atoms with Gasteiger partial charge in [0.2, 0.25) is 11.9 Å². The number of guanidine groups is 1. The number of benzene rings is 1. The van der Waals surface area contributed by atoms with Gasteiger partial charge in [-0.2, -0.15) is 0 Å². The maximum absolute atomic E-state index is 13.0. The number of carbonyl (C=O) groups excluding carboxylic acids is 1. The second-order valence-electron chi connectivity index (χ2n) is 6.27. The van der Waals surface area contributed by atoms with Crippen molar-refractivity contribution in [2.24, 2.45) is 22.4 Å². The summed E-state index contributed by atoms with van der Waals surface area (Å²) in [7, 11) is -4.18. The number of nitrogens with zero attached hydrogens (tertiary/aromatic N) is 2. The minimum Gasteiger partial charge on any atom is -0.387 e. The highest BCUT2D eigenvalue weighted by Gasteiger charge is 2.30. The number of sulfonamides is 1. The number of halogens is 1. The number of hydrogen-bond acceptors (Lipinski definition) is 6. The highest BCUT2D eigenvalue weighted by Crippen LogP contribution is 2.23. The fraction of sp³-hybridized carbons (Fsp3) is 0.235. The van der Waals surface area contributed by atoms with Gasteiger partial charge in [0.15, 0.2) is 12.1 Å². The zero-order valence-corrected chi connectivity index (χ0v) is 17.6. The topological polar surface area (TPSA) is 185 Å². The molecule has 7 N–H and O–H groups in total. The van der Waals surface area contributed by atoms with Gasteiger partial charge in [-0.15, -0.1) is 0 Å². The SMILES string of the molecule is Cc1ccc(NS(=O)(=O)c2ccccc2Cl)c(=O)n1C(C(N)=O)C(C)ON=C(N)N. The molecule has 0 spiro atoms. The van der Waals surface area contributed by atoms with Crippen molar-refractivity contribution in [1.82, 2.24) is 4.57 Å². The van der Waals surface area contributed by atoms with E-state index in [1.165, 1.54) is 44.2 Å². The molecule has 0 radical (unpaired) electrons. The monoisotopic (exact) mass is 456 g/mol. The second kappa shape index (κ2) is 9.05. The molecule has 0 bridgehead atoms. The fourth-order valence-electron chi connectivity index (χ4n) is 2.70. The molecule has 2 atom stereocenters. The second-order valence-corrected chi connectivity index (χ2v) is 8.33. The summed E-state index contributed by atoms with van der Waals surface area (Å²) in [4.78, 5) is 29.9. The van der Waals surface area contributed by atoms with Crippen LogP contribution in [-0.2, 0) is 19.7 Å². The van der Waals surface area contributed by atoms with Crippen LogP contribution in [0.1, 0.15) is 18.7 Å². The van der Waals surface area contributed by atoms with Crippen molar-refractivity contribution in [3.63, 3.8) is 0 Å². The largest absolute Gasteiger partial charge is 0.387 e. The van der Waals surface area contributed by atoms with E-state index in [-0.39, 0.29) is 15.6 Å². The standard InChI is InChI=1S/C17H21ClN6O5S/c1-9-7-8-12(23-30(27,28)13-6-4-3-5-11(13)18)16(26)24(9)14(15(19)25)10(2)29-22-17(20)21/h3-8,10,14,23H,1-2H3,(H2,19,25)(H4,20,21,22). The lowest BCUT2D eigenvalue weighted by Gasteiger charge is -2.24. The highest BCUT2D eigenvalue weighted by molar-refractivity contribution is 7.92. The minimum atomic E-state index is -4.18. The zero-order chi connectivity index (χ0) is 22.6. The van der Waals surface area contributed by atoms with Crippen LogP contribution >= 0.6 is 11.6 Å². The number of nitrogens with one attached hydrogen (secondary N) is 1. The Morgan fingerprint density at radius 2 is 1.83 bits per heavy atom. The normalized spacial score (nSPS) is 13.2. The van der Waals surface area contributed by atoms with E-state index in [1.807, 2.05) is 0 Å². The van der Waals surface area contributed by atoms with Gasteiger partial charge in [-0.1, -0.05) is 23.7 Å². The average Bonchev–Trinajstić information content (AvgIpc) is 2.65. The molecule has 13 heteroatoms. The van der Waals surface area contributed by atoms with Gasteiger partial charge in [-0.3, -0.25) is 18.9 Å². The first-order valence-corrected chi connectivity index (χ1v) is 10.4. The third-order valence-corrected chi connectivity index (χ3v) is 5.89. The number of nitrogens with two attached hydrogens (primary N) is 3. The van der Waals surface area contributed by atoms with Crippen molar-refractivity contribution in [1.29, 1.82) is 0 Å². The molecule has 1 aromatic carbocycles. The van der Waals surface area contributed by atoms with Crippen LogP contribution in [-0.4, -0.2) is 31.0 Å². The maximum atomic E-state index is 13.0. The van der Waals surface area contributed by atoms with E-state index in [1.54, 1.807) is 6.07 Å². The van der Waals surface area contributed by atoms with Gasteiger partial charge >= 0.3 is 0 Å². The Hall–Kier alpha value is -3.25. The van der Waals surface area contributed by atoms with Gasteiger partial charge < -0.3 is 22.0 Å². The molecular weight excluding hydrogens is 436 g/mol. The van der Waals surface area contributed by atoms with Crippen molar-refractivity contribution in [2.45, 2.75) is 30.9 Å². The molecule has 1 amide bonds. The van der Waals surface area contributed by atoms with E-state index in [4.69, 9.17) is 33.6 Å². The molecular formula is C17H21ClN6O5S. The van der Waals surface area contributed by atoms with Crippen molar-refractivity contribution in [3.05, 3.63) is 57.5 Å². The lowest BCUT2D eigenvalue weighted by Crippen LogP contribution is -2.42.